The van der Waals surface area contributed by atoms with Crippen LogP contribution < -0.4 is 0 Å². The van der Waals surface area contributed by atoms with Gasteiger partial charge < -0.3 is 9.72 Å². The number of pyridine rings is 2. The Bertz CT molecular complexity index is 836. The fourth-order valence-electron chi connectivity index (χ4n) is 2.58. The van der Waals surface area contributed by atoms with Crippen molar-refractivity contribution >= 4 is 16.9 Å². The fourth-order valence-corrected chi connectivity index (χ4v) is 2.58. The Hall–Kier alpha value is -2.69. The number of nitrogens with one attached hydrogen (secondary N) is 1. The summed E-state index contributed by atoms with van der Waals surface area (Å²) in [6.07, 6.45) is 6.57. The van der Waals surface area contributed by atoms with Gasteiger partial charge in [-0.2, -0.15) is 0 Å². The van der Waals surface area contributed by atoms with Crippen molar-refractivity contribution in [2.45, 2.75) is 13.3 Å². The molecule has 0 bridgehead atoms. The first-order valence-corrected chi connectivity index (χ1v) is 6.92. The molecule has 0 unspecified atom stereocenters. The minimum Gasteiger partial charge on any atom is -0.491 e. The lowest BCUT2D eigenvalue weighted by Gasteiger charge is -2.10. The van der Waals surface area contributed by atoms with E-state index in [1.807, 2.05) is 19.1 Å². The van der Waals surface area contributed by atoms with Gasteiger partial charge in [-0.1, -0.05) is 0 Å². The van der Waals surface area contributed by atoms with Crippen molar-refractivity contribution in [3.05, 3.63) is 48.2 Å². The summed E-state index contributed by atoms with van der Waals surface area (Å²) in [6, 6.07) is 6.00. The zero-order valence-electron chi connectivity index (χ0n) is 11.6. The summed E-state index contributed by atoms with van der Waals surface area (Å²) in [5, 5.41) is 0. The van der Waals surface area contributed by atoms with Crippen molar-refractivity contribution in [3.8, 4) is 11.1 Å². The van der Waals surface area contributed by atoms with Crippen molar-refractivity contribution in [1.29, 1.82) is 0 Å². The number of rotatable bonds is 2. The summed E-state index contributed by atoms with van der Waals surface area (Å²) in [7, 11) is 0. The quantitative estimate of drug-likeness (QED) is 0.782. The van der Waals surface area contributed by atoms with Gasteiger partial charge in [0.15, 0.2) is 5.65 Å². The molecule has 104 valence electrons. The smallest absolute Gasteiger partial charge is 0.158 e. The molecule has 5 nitrogen and oxygen atoms in total. The Morgan fingerprint density at radius 1 is 1.19 bits per heavy atom. The van der Waals surface area contributed by atoms with E-state index in [0.29, 0.717) is 6.61 Å². The van der Waals surface area contributed by atoms with Gasteiger partial charge in [0.1, 0.15) is 22.8 Å². The number of hydrogen-bond donors (Lipinski definition) is 1. The van der Waals surface area contributed by atoms with E-state index in [9.17, 15) is 0 Å². The summed E-state index contributed by atoms with van der Waals surface area (Å²) in [5.41, 5.74) is 4.59. The first kappa shape index (κ1) is 12.1. The predicted octanol–water partition coefficient (Wildman–Crippen LogP) is 3.09. The van der Waals surface area contributed by atoms with Crippen molar-refractivity contribution < 1.29 is 4.74 Å². The molecule has 1 aliphatic heterocycles. The summed E-state index contributed by atoms with van der Waals surface area (Å²) >= 11 is 0. The molecule has 5 heteroatoms. The van der Waals surface area contributed by atoms with E-state index in [4.69, 9.17) is 9.72 Å². The third-order valence-corrected chi connectivity index (χ3v) is 3.52. The number of imidazole rings is 1. The van der Waals surface area contributed by atoms with Crippen LogP contribution in [0.1, 0.15) is 17.9 Å². The number of aryl methyl sites for hydroxylation is 1. The van der Waals surface area contributed by atoms with Gasteiger partial charge in [-0.15, -0.1) is 0 Å². The van der Waals surface area contributed by atoms with Gasteiger partial charge in [0, 0.05) is 24.4 Å². The second kappa shape index (κ2) is 4.70. The maximum atomic E-state index is 5.71. The van der Waals surface area contributed by atoms with Gasteiger partial charge in [-0.05, 0) is 36.8 Å². The molecule has 0 radical (unpaired) electrons. The molecule has 3 aromatic rings. The topological polar surface area (TPSA) is 63.7 Å². The van der Waals surface area contributed by atoms with Crippen LogP contribution in [-0.4, -0.2) is 26.5 Å². The molecule has 0 aliphatic carbocycles. The average Bonchev–Trinajstić information content (AvgIpc) is 3.14. The number of H-pyrrole nitrogens is 1. The monoisotopic (exact) mass is 278 g/mol. The lowest BCUT2D eigenvalue weighted by molar-refractivity contribution is 0.306. The SMILES string of the molecule is Cc1nc2cc(-c3ccncc3)c(C3=CCCO3)nc2[nH]1. The minimum atomic E-state index is 0.715. The molecule has 4 rings (SSSR count). The number of nitrogens with zero attached hydrogens (tertiary/aromatic N) is 3. The highest BCUT2D eigenvalue weighted by Gasteiger charge is 2.18. The van der Waals surface area contributed by atoms with Crippen molar-refractivity contribution in [1.82, 2.24) is 19.9 Å². The van der Waals surface area contributed by atoms with Crippen molar-refractivity contribution in [2.75, 3.05) is 6.61 Å². The van der Waals surface area contributed by atoms with E-state index in [2.05, 4.69) is 27.1 Å². The highest BCUT2D eigenvalue weighted by molar-refractivity contribution is 5.85. The Morgan fingerprint density at radius 3 is 2.81 bits per heavy atom. The lowest BCUT2D eigenvalue weighted by Crippen LogP contribution is -1.96. The lowest BCUT2D eigenvalue weighted by atomic mass is 10.0. The second-order valence-corrected chi connectivity index (χ2v) is 5.02. The van der Waals surface area contributed by atoms with Crippen LogP contribution in [-0.2, 0) is 4.74 Å². The van der Waals surface area contributed by atoms with E-state index < -0.39 is 0 Å². The fraction of sp³-hybridized carbons (Fsp3) is 0.188. The summed E-state index contributed by atoms with van der Waals surface area (Å²) in [4.78, 5) is 16.5. The predicted molar refractivity (Wildman–Crippen MR) is 80.4 cm³/mol. The molecule has 0 spiro atoms. The normalized spacial score (nSPS) is 14.2. The van der Waals surface area contributed by atoms with Crippen LogP contribution in [0.15, 0.2) is 36.7 Å². The molecule has 4 heterocycles. The van der Waals surface area contributed by atoms with Crippen LogP contribution >= 0.6 is 0 Å². The highest BCUT2D eigenvalue weighted by atomic mass is 16.5. The molecule has 21 heavy (non-hydrogen) atoms. The molecule has 0 amide bonds. The van der Waals surface area contributed by atoms with Crippen molar-refractivity contribution in [3.63, 3.8) is 0 Å². The minimum absolute atomic E-state index is 0.715. The van der Waals surface area contributed by atoms with Crippen LogP contribution in [0, 0.1) is 6.92 Å². The Morgan fingerprint density at radius 2 is 2.05 bits per heavy atom. The van der Waals surface area contributed by atoms with Crippen molar-refractivity contribution in [2.24, 2.45) is 0 Å². The van der Waals surface area contributed by atoms with Gasteiger partial charge in [-0.25, -0.2) is 9.97 Å². The first-order valence-electron chi connectivity index (χ1n) is 6.92. The third kappa shape index (κ3) is 2.07. The first-order chi connectivity index (χ1) is 10.3. The van der Waals surface area contributed by atoms with E-state index in [0.717, 1.165) is 46.0 Å². The van der Waals surface area contributed by atoms with E-state index in [1.54, 1.807) is 12.4 Å². The van der Waals surface area contributed by atoms with Gasteiger partial charge >= 0.3 is 0 Å². The largest absolute Gasteiger partial charge is 0.491 e. The number of ether oxygens (including phenoxy) is 1. The molecule has 0 fully saturated rings. The standard InChI is InChI=1S/C16H14N4O/c1-10-18-13-9-12(11-4-6-17-7-5-11)15(20-16(13)19-10)14-3-2-8-21-14/h3-7,9H,2,8H2,1H3,(H,18,19,20). The highest BCUT2D eigenvalue weighted by Crippen LogP contribution is 2.32. The van der Waals surface area contributed by atoms with E-state index in [1.165, 1.54) is 0 Å². The molecule has 3 aromatic heterocycles. The molecule has 0 saturated carbocycles. The van der Waals surface area contributed by atoms with Gasteiger partial charge in [-0.3, -0.25) is 4.98 Å². The van der Waals surface area contributed by atoms with Gasteiger partial charge in [0.25, 0.3) is 0 Å². The number of hydrogen-bond acceptors (Lipinski definition) is 4. The van der Waals surface area contributed by atoms with Gasteiger partial charge in [0.2, 0.25) is 0 Å². The maximum absolute atomic E-state index is 5.71. The Balaban J connectivity index is 1.99. The maximum Gasteiger partial charge on any atom is 0.158 e. The van der Waals surface area contributed by atoms with Crippen LogP contribution in [0.4, 0.5) is 0 Å². The number of fused-ring (bicyclic) bond motifs is 1. The third-order valence-electron chi connectivity index (χ3n) is 3.52. The van der Waals surface area contributed by atoms with Crippen LogP contribution in [0.3, 0.4) is 0 Å². The summed E-state index contributed by atoms with van der Waals surface area (Å²) < 4.78 is 5.71. The Kier molecular flexibility index (Phi) is 2.70. The molecule has 0 atom stereocenters. The molecule has 1 N–H and O–H groups in total. The van der Waals surface area contributed by atoms with E-state index >= 15 is 0 Å². The average molecular weight is 278 g/mol. The number of aromatic nitrogens is 4. The zero-order valence-corrected chi connectivity index (χ0v) is 11.6. The molecular formula is C16H14N4O. The van der Waals surface area contributed by atoms with Crippen LogP contribution in [0.5, 0.6) is 0 Å². The van der Waals surface area contributed by atoms with Gasteiger partial charge in [0.05, 0.1) is 6.61 Å². The second-order valence-electron chi connectivity index (χ2n) is 5.02. The van der Waals surface area contributed by atoms with Crippen LogP contribution in [0.25, 0.3) is 28.0 Å². The summed E-state index contributed by atoms with van der Waals surface area (Å²) in [5.74, 6) is 1.70. The van der Waals surface area contributed by atoms with E-state index in [-0.39, 0.29) is 0 Å². The molecule has 0 aromatic carbocycles. The molecule has 0 saturated heterocycles. The Labute approximate surface area is 121 Å². The van der Waals surface area contributed by atoms with Crippen LogP contribution in [0.2, 0.25) is 0 Å². The molecular weight excluding hydrogens is 264 g/mol. The summed E-state index contributed by atoms with van der Waals surface area (Å²) in [6.45, 7) is 2.64. The molecule has 1 aliphatic rings. The zero-order chi connectivity index (χ0) is 14.2. The number of aromatic amines is 1.